The van der Waals surface area contributed by atoms with Gasteiger partial charge in [0.25, 0.3) is 5.91 Å². The molecule has 2 rings (SSSR count). The summed E-state index contributed by atoms with van der Waals surface area (Å²) in [5.41, 5.74) is 6.14. The van der Waals surface area contributed by atoms with Crippen molar-refractivity contribution in [3.05, 3.63) is 29.8 Å². The highest BCUT2D eigenvalue weighted by molar-refractivity contribution is 14.0. The average Bonchev–Trinajstić information content (AvgIpc) is 2.69. The Hall–Kier alpha value is -1.59. The van der Waals surface area contributed by atoms with Crippen LogP contribution in [0.5, 0.6) is 5.75 Å². The lowest BCUT2D eigenvalue weighted by Gasteiger charge is -2.37. The SMILES string of the molecule is CN=C(NCc1cccc(OCC(N)=O)c1)NCC(C(C)C)N1CCOCC1.I. The van der Waals surface area contributed by atoms with Gasteiger partial charge in [0, 0.05) is 39.3 Å². The highest BCUT2D eigenvalue weighted by atomic mass is 127. The van der Waals surface area contributed by atoms with Gasteiger partial charge in [0.05, 0.1) is 13.2 Å². The van der Waals surface area contributed by atoms with Gasteiger partial charge in [-0.25, -0.2) is 0 Å². The van der Waals surface area contributed by atoms with Gasteiger partial charge >= 0.3 is 0 Å². The quantitative estimate of drug-likeness (QED) is 0.258. The van der Waals surface area contributed by atoms with E-state index >= 15 is 0 Å². The van der Waals surface area contributed by atoms with Crippen molar-refractivity contribution in [1.29, 1.82) is 0 Å². The summed E-state index contributed by atoms with van der Waals surface area (Å²) in [6, 6.07) is 7.98. The summed E-state index contributed by atoms with van der Waals surface area (Å²) in [7, 11) is 1.76. The van der Waals surface area contributed by atoms with E-state index in [1.54, 1.807) is 13.1 Å². The number of guanidine groups is 1. The number of carbonyl (C=O) groups excluding carboxylic acids is 1. The number of carbonyl (C=O) groups is 1. The summed E-state index contributed by atoms with van der Waals surface area (Å²) in [4.78, 5) is 17.7. The Bertz CT molecular complexity index is 651. The lowest BCUT2D eigenvalue weighted by Crippen LogP contribution is -2.52. The van der Waals surface area contributed by atoms with Gasteiger partial charge in [-0.15, -0.1) is 24.0 Å². The Morgan fingerprint density at radius 3 is 2.66 bits per heavy atom. The molecule has 1 unspecified atom stereocenters. The third-order valence-corrected chi connectivity index (χ3v) is 4.73. The minimum atomic E-state index is -0.492. The van der Waals surface area contributed by atoms with Crippen molar-refractivity contribution in [2.24, 2.45) is 16.6 Å². The number of nitrogens with zero attached hydrogens (tertiary/aromatic N) is 2. The minimum Gasteiger partial charge on any atom is -0.484 e. The number of halogens is 1. The monoisotopic (exact) mass is 519 g/mol. The van der Waals surface area contributed by atoms with E-state index in [1.165, 1.54) is 0 Å². The number of hydrogen-bond donors (Lipinski definition) is 3. The second-order valence-corrected chi connectivity index (χ2v) is 7.17. The van der Waals surface area contributed by atoms with E-state index in [4.69, 9.17) is 15.2 Å². The Morgan fingerprint density at radius 2 is 2.03 bits per heavy atom. The number of ether oxygens (including phenoxy) is 2. The summed E-state index contributed by atoms with van der Waals surface area (Å²) in [6.45, 7) is 9.30. The van der Waals surface area contributed by atoms with Crippen LogP contribution in [0.3, 0.4) is 0 Å². The summed E-state index contributed by atoms with van der Waals surface area (Å²) in [6.07, 6.45) is 0. The fourth-order valence-corrected chi connectivity index (χ4v) is 3.20. The van der Waals surface area contributed by atoms with Crippen molar-refractivity contribution in [2.45, 2.75) is 26.4 Å². The predicted octanol–water partition coefficient (Wildman–Crippen LogP) is 1.19. The molecule has 0 bridgehead atoms. The van der Waals surface area contributed by atoms with Crippen LogP contribution >= 0.6 is 24.0 Å². The fourth-order valence-electron chi connectivity index (χ4n) is 3.20. The molecule has 1 saturated heterocycles. The number of primary amides is 1. The van der Waals surface area contributed by atoms with Crippen LogP contribution in [0.15, 0.2) is 29.3 Å². The van der Waals surface area contributed by atoms with Crippen LogP contribution in [0.1, 0.15) is 19.4 Å². The van der Waals surface area contributed by atoms with Crippen LogP contribution in [0.4, 0.5) is 0 Å². The lowest BCUT2D eigenvalue weighted by molar-refractivity contribution is -0.119. The Morgan fingerprint density at radius 1 is 1.31 bits per heavy atom. The third-order valence-electron chi connectivity index (χ3n) is 4.73. The number of amides is 1. The molecule has 8 nitrogen and oxygen atoms in total. The van der Waals surface area contributed by atoms with E-state index in [1.807, 2.05) is 18.2 Å². The van der Waals surface area contributed by atoms with Crippen molar-refractivity contribution in [1.82, 2.24) is 15.5 Å². The molecule has 0 saturated carbocycles. The van der Waals surface area contributed by atoms with Crippen molar-refractivity contribution in [2.75, 3.05) is 46.5 Å². The van der Waals surface area contributed by atoms with Crippen molar-refractivity contribution < 1.29 is 14.3 Å². The molecule has 1 fully saturated rings. The summed E-state index contributed by atoms with van der Waals surface area (Å²) in [5.74, 6) is 1.41. The molecule has 0 aliphatic carbocycles. The van der Waals surface area contributed by atoms with Gasteiger partial charge in [-0.3, -0.25) is 14.7 Å². The molecule has 0 aromatic heterocycles. The largest absolute Gasteiger partial charge is 0.484 e. The average molecular weight is 519 g/mol. The van der Waals surface area contributed by atoms with Gasteiger partial charge < -0.3 is 25.8 Å². The first-order valence-corrected chi connectivity index (χ1v) is 9.76. The van der Waals surface area contributed by atoms with E-state index in [0.717, 1.165) is 44.4 Å². The molecule has 164 valence electrons. The highest BCUT2D eigenvalue weighted by Crippen LogP contribution is 2.14. The molecule has 9 heteroatoms. The molecule has 1 aromatic rings. The number of nitrogens with two attached hydrogens (primary N) is 1. The van der Waals surface area contributed by atoms with Crippen LogP contribution in [-0.2, 0) is 16.1 Å². The summed E-state index contributed by atoms with van der Waals surface area (Å²) < 4.78 is 10.8. The van der Waals surface area contributed by atoms with Crippen LogP contribution in [-0.4, -0.2) is 69.3 Å². The zero-order valence-electron chi connectivity index (χ0n) is 17.5. The number of nitrogens with one attached hydrogen (secondary N) is 2. The zero-order chi connectivity index (χ0) is 20.4. The Kier molecular flexibility index (Phi) is 11.9. The number of benzene rings is 1. The van der Waals surface area contributed by atoms with Gasteiger partial charge in [0.1, 0.15) is 5.75 Å². The lowest BCUT2D eigenvalue weighted by atomic mass is 10.0. The molecule has 0 radical (unpaired) electrons. The van der Waals surface area contributed by atoms with Crippen molar-refractivity contribution in [3.8, 4) is 5.75 Å². The highest BCUT2D eigenvalue weighted by Gasteiger charge is 2.23. The summed E-state index contributed by atoms with van der Waals surface area (Å²) >= 11 is 0. The normalized spacial score (nSPS) is 16.1. The number of morpholine rings is 1. The second kappa shape index (κ2) is 13.6. The summed E-state index contributed by atoms with van der Waals surface area (Å²) in [5, 5.41) is 6.76. The molecule has 29 heavy (non-hydrogen) atoms. The van der Waals surface area contributed by atoms with Crippen LogP contribution in [0.2, 0.25) is 0 Å². The third kappa shape index (κ3) is 9.18. The molecule has 1 heterocycles. The fraction of sp³-hybridized carbons (Fsp3) is 0.600. The predicted molar refractivity (Wildman–Crippen MR) is 126 cm³/mol. The van der Waals surface area contributed by atoms with Crippen LogP contribution in [0, 0.1) is 5.92 Å². The van der Waals surface area contributed by atoms with E-state index in [-0.39, 0.29) is 30.6 Å². The van der Waals surface area contributed by atoms with Crippen LogP contribution < -0.4 is 21.1 Å². The van der Waals surface area contributed by atoms with E-state index < -0.39 is 5.91 Å². The number of rotatable bonds is 9. The maximum atomic E-state index is 10.9. The Labute approximate surface area is 190 Å². The number of hydrogen-bond acceptors (Lipinski definition) is 5. The maximum absolute atomic E-state index is 10.9. The molecule has 1 aliphatic rings. The molecule has 1 atom stereocenters. The van der Waals surface area contributed by atoms with E-state index in [0.29, 0.717) is 24.3 Å². The van der Waals surface area contributed by atoms with Crippen molar-refractivity contribution >= 4 is 35.8 Å². The van der Waals surface area contributed by atoms with Crippen molar-refractivity contribution in [3.63, 3.8) is 0 Å². The molecular formula is C20H34IN5O3. The van der Waals surface area contributed by atoms with Gasteiger partial charge in [0.15, 0.2) is 12.6 Å². The van der Waals surface area contributed by atoms with Gasteiger partial charge in [0.2, 0.25) is 0 Å². The smallest absolute Gasteiger partial charge is 0.255 e. The molecule has 0 spiro atoms. The molecular weight excluding hydrogens is 485 g/mol. The molecule has 4 N–H and O–H groups in total. The minimum absolute atomic E-state index is 0. The molecule has 1 aliphatic heterocycles. The standard InChI is InChI=1S/C20H33N5O3.HI/c1-15(2)18(25-7-9-27-10-8-25)13-24-20(22-3)23-12-16-5-4-6-17(11-16)28-14-19(21)26;/h4-6,11,15,18H,7-10,12-14H2,1-3H3,(H2,21,26)(H2,22,23,24);1H. The van der Waals surface area contributed by atoms with Gasteiger partial charge in [-0.1, -0.05) is 26.0 Å². The van der Waals surface area contributed by atoms with Gasteiger partial charge in [-0.05, 0) is 23.6 Å². The number of aliphatic imine (C=N–C) groups is 1. The molecule has 1 amide bonds. The second-order valence-electron chi connectivity index (χ2n) is 7.17. The molecule has 1 aromatic carbocycles. The Balaban J connectivity index is 0.00000420. The topological polar surface area (TPSA) is 101 Å². The maximum Gasteiger partial charge on any atom is 0.255 e. The first kappa shape index (κ1) is 25.4. The van der Waals surface area contributed by atoms with Crippen LogP contribution in [0.25, 0.3) is 0 Å². The first-order chi connectivity index (χ1) is 13.5. The first-order valence-electron chi connectivity index (χ1n) is 9.76. The van der Waals surface area contributed by atoms with Gasteiger partial charge in [-0.2, -0.15) is 0 Å². The van der Waals surface area contributed by atoms with E-state index in [2.05, 4.69) is 34.4 Å². The zero-order valence-corrected chi connectivity index (χ0v) is 19.8. The van der Waals surface area contributed by atoms with E-state index in [9.17, 15) is 4.79 Å².